The standard InChI is InChI=1S/C25H31N5O5S/c1-28-7-9-30(10-8-28)23(31)12-17-4-5-20-22(35-17)13-34-21-6-3-16(11-18(21)25(33)29(20)2)27-24(32)19-14-36-15-26-19/h3,6,11,14-15,17,20,22H,4-5,7-10,12-13H2,1-2H3,(H,27,32)/t17-,20-,22+/m0/s1. The van der Waals surface area contributed by atoms with Crippen LogP contribution in [0.3, 0.4) is 0 Å². The highest BCUT2D eigenvalue weighted by atomic mass is 32.1. The number of benzene rings is 1. The highest BCUT2D eigenvalue weighted by Gasteiger charge is 2.39. The molecule has 0 saturated carbocycles. The summed E-state index contributed by atoms with van der Waals surface area (Å²) < 4.78 is 12.4. The number of hydrogen-bond donors (Lipinski definition) is 1. The number of piperazine rings is 1. The molecule has 192 valence electrons. The van der Waals surface area contributed by atoms with Gasteiger partial charge >= 0.3 is 0 Å². The van der Waals surface area contributed by atoms with Gasteiger partial charge in [-0.3, -0.25) is 14.4 Å². The van der Waals surface area contributed by atoms with E-state index in [0.717, 1.165) is 32.6 Å². The van der Waals surface area contributed by atoms with E-state index in [2.05, 4.69) is 22.2 Å². The average Bonchev–Trinajstić information content (AvgIpc) is 3.42. The first kappa shape index (κ1) is 24.7. The maximum absolute atomic E-state index is 13.4. The largest absolute Gasteiger partial charge is 0.490 e. The van der Waals surface area contributed by atoms with Crippen molar-refractivity contribution in [2.24, 2.45) is 0 Å². The molecule has 1 N–H and O–H groups in total. The van der Waals surface area contributed by atoms with Crippen molar-refractivity contribution in [2.45, 2.75) is 37.5 Å². The fourth-order valence-corrected chi connectivity index (χ4v) is 5.54. The number of nitrogens with zero attached hydrogens (tertiary/aromatic N) is 4. The summed E-state index contributed by atoms with van der Waals surface area (Å²) in [6, 6.07) is 4.87. The molecule has 0 radical (unpaired) electrons. The Bertz CT molecular complexity index is 1120. The van der Waals surface area contributed by atoms with Crippen LogP contribution < -0.4 is 10.1 Å². The number of nitrogens with one attached hydrogen (secondary N) is 1. The number of hydrogen-bond acceptors (Lipinski definition) is 8. The van der Waals surface area contributed by atoms with Crippen LogP contribution in [-0.4, -0.2) is 103 Å². The van der Waals surface area contributed by atoms with E-state index in [9.17, 15) is 14.4 Å². The first-order valence-corrected chi connectivity index (χ1v) is 13.2. The van der Waals surface area contributed by atoms with Crippen LogP contribution in [0.2, 0.25) is 0 Å². The number of aromatic nitrogens is 1. The van der Waals surface area contributed by atoms with Gasteiger partial charge in [0.1, 0.15) is 24.2 Å². The molecule has 2 aromatic rings. The van der Waals surface area contributed by atoms with Gasteiger partial charge in [-0.2, -0.15) is 0 Å². The Hall–Kier alpha value is -3.02. The monoisotopic (exact) mass is 513 g/mol. The van der Waals surface area contributed by atoms with Gasteiger partial charge in [-0.1, -0.05) is 0 Å². The van der Waals surface area contributed by atoms with Gasteiger partial charge in [0.2, 0.25) is 5.91 Å². The zero-order valence-corrected chi connectivity index (χ0v) is 21.3. The lowest BCUT2D eigenvalue weighted by Gasteiger charge is -2.42. The van der Waals surface area contributed by atoms with Crippen molar-refractivity contribution in [2.75, 3.05) is 52.2 Å². The van der Waals surface area contributed by atoms with Gasteiger partial charge in [0.15, 0.2) is 0 Å². The van der Waals surface area contributed by atoms with Crippen molar-refractivity contribution < 1.29 is 23.9 Å². The van der Waals surface area contributed by atoms with Gasteiger partial charge in [-0.05, 0) is 38.1 Å². The topological polar surface area (TPSA) is 104 Å². The number of carbonyl (C=O) groups excluding carboxylic acids is 3. The number of fused-ring (bicyclic) bond motifs is 2. The minimum Gasteiger partial charge on any atom is -0.490 e. The lowest BCUT2D eigenvalue weighted by atomic mass is 9.94. The van der Waals surface area contributed by atoms with Crippen molar-refractivity contribution in [1.29, 1.82) is 0 Å². The molecular formula is C25H31N5O5S. The van der Waals surface area contributed by atoms with E-state index in [1.165, 1.54) is 11.3 Å². The van der Waals surface area contributed by atoms with E-state index < -0.39 is 0 Å². The van der Waals surface area contributed by atoms with E-state index >= 15 is 0 Å². The van der Waals surface area contributed by atoms with Crippen LogP contribution in [0.4, 0.5) is 5.69 Å². The molecule has 0 aliphatic carbocycles. The van der Waals surface area contributed by atoms with E-state index in [1.54, 1.807) is 41.0 Å². The Balaban J connectivity index is 1.25. The van der Waals surface area contributed by atoms with Gasteiger partial charge in [-0.25, -0.2) is 4.98 Å². The molecule has 2 saturated heterocycles. The summed E-state index contributed by atoms with van der Waals surface area (Å²) in [6.07, 6.45) is 1.27. The molecule has 0 bridgehead atoms. The molecule has 5 rings (SSSR count). The normalized spacial score (nSPS) is 24.7. The van der Waals surface area contributed by atoms with Crippen molar-refractivity contribution in [3.8, 4) is 5.75 Å². The van der Waals surface area contributed by atoms with E-state index in [0.29, 0.717) is 35.5 Å². The van der Waals surface area contributed by atoms with Gasteiger partial charge in [0.25, 0.3) is 11.8 Å². The number of rotatable bonds is 4. The van der Waals surface area contributed by atoms with Gasteiger partial charge in [0.05, 0.1) is 29.6 Å². The quantitative estimate of drug-likeness (QED) is 0.666. The predicted molar refractivity (Wildman–Crippen MR) is 134 cm³/mol. The second-order valence-electron chi connectivity index (χ2n) is 9.60. The summed E-state index contributed by atoms with van der Waals surface area (Å²) >= 11 is 1.34. The number of thiazole rings is 1. The molecule has 2 fully saturated rings. The Kier molecular flexibility index (Phi) is 7.22. The number of ether oxygens (including phenoxy) is 2. The minimum atomic E-state index is -0.332. The van der Waals surface area contributed by atoms with Gasteiger partial charge in [0, 0.05) is 44.3 Å². The molecule has 0 unspecified atom stereocenters. The Morgan fingerprint density at radius 2 is 1.97 bits per heavy atom. The molecule has 3 aliphatic rings. The predicted octanol–water partition coefficient (Wildman–Crippen LogP) is 1.94. The SMILES string of the molecule is CN1CCN(C(=O)C[C@@H]2CC[C@H]3[C@@H](COc4ccc(NC(=O)c5cscn5)cc4C(=O)N3C)O2)CC1. The second-order valence-corrected chi connectivity index (χ2v) is 10.3. The molecule has 11 heteroatoms. The minimum absolute atomic E-state index is 0.125. The highest BCUT2D eigenvalue weighted by Crippen LogP contribution is 2.32. The van der Waals surface area contributed by atoms with Gasteiger partial charge in [-0.15, -0.1) is 11.3 Å². The molecular weight excluding hydrogens is 482 g/mol. The van der Waals surface area contributed by atoms with Crippen molar-refractivity contribution in [3.05, 3.63) is 40.3 Å². The Labute approximate surface area is 214 Å². The van der Waals surface area contributed by atoms with E-state index in [-0.39, 0.29) is 42.6 Å². The van der Waals surface area contributed by atoms with E-state index in [4.69, 9.17) is 9.47 Å². The molecule has 3 aliphatic heterocycles. The summed E-state index contributed by atoms with van der Waals surface area (Å²) in [6.45, 7) is 3.55. The molecule has 36 heavy (non-hydrogen) atoms. The maximum Gasteiger partial charge on any atom is 0.275 e. The van der Waals surface area contributed by atoms with Crippen LogP contribution in [0.1, 0.15) is 40.1 Å². The molecule has 0 spiro atoms. The number of anilines is 1. The lowest BCUT2D eigenvalue weighted by molar-refractivity contribution is -0.144. The third kappa shape index (κ3) is 5.23. The Morgan fingerprint density at radius 1 is 1.17 bits per heavy atom. The van der Waals surface area contributed by atoms with Crippen LogP contribution >= 0.6 is 11.3 Å². The maximum atomic E-state index is 13.4. The lowest BCUT2D eigenvalue weighted by Crippen LogP contribution is -2.54. The Morgan fingerprint density at radius 3 is 2.72 bits per heavy atom. The number of carbonyl (C=O) groups is 3. The highest BCUT2D eigenvalue weighted by molar-refractivity contribution is 7.07. The van der Waals surface area contributed by atoms with Crippen LogP contribution in [0.25, 0.3) is 0 Å². The summed E-state index contributed by atoms with van der Waals surface area (Å²) in [5, 5.41) is 4.46. The summed E-state index contributed by atoms with van der Waals surface area (Å²) in [4.78, 5) is 48.5. The van der Waals surface area contributed by atoms with Crippen molar-refractivity contribution >= 4 is 34.7 Å². The number of likely N-dealkylation sites (N-methyl/N-ethyl adjacent to an activating group) is 2. The number of amides is 3. The molecule has 4 heterocycles. The van der Waals surface area contributed by atoms with E-state index in [1.807, 2.05) is 4.90 Å². The fraction of sp³-hybridized carbons (Fsp3) is 0.520. The van der Waals surface area contributed by atoms with Crippen molar-refractivity contribution in [3.63, 3.8) is 0 Å². The molecule has 3 atom stereocenters. The molecule has 1 aromatic carbocycles. The van der Waals surface area contributed by atoms with Crippen molar-refractivity contribution in [1.82, 2.24) is 19.7 Å². The molecule has 3 amide bonds. The summed E-state index contributed by atoms with van der Waals surface area (Å²) in [7, 11) is 3.84. The summed E-state index contributed by atoms with van der Waals surface area (Å²) in [5.41, 5.74) is 2.81. The zero-order valence-electron chi connectivity index (χ0n) is 20.5. The second kappa shape index (κ2) is 10.5. The third-order valence-corrected chi connectivity index (χ3v) is 7.78. The fourth-order valence-electron chi connectivity index (χ4n) is 5.00. The first-order valence-electron chi connectivity index (χ1n) is 12.2. The smallest absolute Gasteiger partial charge is 0.275 e. The molecule has 10 nitrogen and oxygen atoms in total. The van der Waals surface area contributed by atoms with Crippen LogP contribution in [-0.2, 0) is 9.53 Å². The van der Waals surface area contributed by atoms with Crippen LogP contribution in [0.5, 0.6) is 5.75 Å². The average molecular weight is 514 g/mol. The summed E-state index contributed by atoms with van der Waals surface area (Å²) in [5.74, 6) is 0.0400. The first-order chi connectivity index (χ1) is 17.4. The van der Waals surface area contributed by atoms with Gasteiger partial charge < -0.3 is 29.5 Å². The molecule has 1 aromatic heterocycles. The van der Waals surface area contributed by atoms with Crippen LogP contribution in [0.15, 0.2) is 29.1 Å². The zero-order chi connectivity index (χ0) is 25.2. The third-order valence-electron chi connectivity index (χ3n) is 7.19. The van der Waals surface area contributed by atoms with Crippen LogP contribution in [0, 0.1) is 0 Å².